The van der Waals surface area contributed by atoms with Gasteiger partial charge >= 0.3 is 0 Å². The molecule has 0 fully saturated rings. The van der Waals surface area contributed by atoms with Crippen molar-refractivity contribution in [1.82, 2.24) is 9.97 Å². The van der Waals surface area contributed by atoms with Crippen LogP contribution in [0.3, 0.4) is 0 Å². The Morgan fingerprint density at radius 3 is 2.22 bits per heavy atom. The zero-order valence-corrected chi connectivity index (χ0v) is 14.6. The van der Waals surface area contributed by atoms with Crippen molar-refractivity contribution >= 4 is 28.6 Å². The number of amides is 1. The Balaban J connectivity index is 1.63. The van der Waals surface area contributed by atoms with E-state index in [1.807, 2.05) is 60.7 Å². The summed E-state index contributed by atoms with van der Waals surface area (Å²) in [7, 11) is 0. The summed E-state index contributed by atoms with van der Waals surface area (Å²) >= 11 is 0. The topological polar surface area (TPSA) is 66.9 Å². The highest BCUT2D eigenvalue weighted by Gasteiger charge is 2.11. The summed E-state index contributed by atoms with van der Waals surface area (Å²) in [5, 5.41) is 7.05. The third-order valence-electron chi connectivity index (χ3n) is 4.17. The van der Waals surface area contributed by atoms with Crippen molar-refractivity contribution in [2.75, 3.05) is 10.6 Å². The van der Waals surface area contributed by atoms with Gasteiger partial charge in [-0.15, -0.1) is 0 Å². The molecule has 0 spiro atoms. The van der Waals surface area contributed by atoms with Crippen molar-refractivity contribution < 1.29 is 4.79 Å². The molecule has 0 radical (unpaired) electrons. The van der Waals surface area contributed by atoms with Gasteiger partial charge in [0, 0.05) is 17.5 Å². The van der Waals surface area contributed by atoms with Crippen LogP contribution in [0.5, 0.6) is 0 Å². The lowest BCUT2D eigenvalue weighted by molar-refractivity contribution is 0.102. The summed E-state index contributed by atoms with van der Waals surface area (Å²) in [6.45, 7) is 0.633. The van der Waals surface area contributed by atoms with E-state index < -0.39 is 0 Å². The van der Waals surface area contributed by atoms with Gasteiger partial charge in [-0.1, -0.05) is 60.7 Å². The largest absolute Gasteiger partial charge is 0.365 e. The number of hydrogen-bond donors (Lipinski definition) is 2. The highest BCUT2D eigenvalue weighted by molar-refractivity contribution is 6.04. The van der Waals surface area contributed by atoms with E-state index in [0.717, 1.165) is 16.5 Å². The molecule has 0 aliphatic rings. The van der Waals surface area contributed by atoms with E-state index in [1.54, 1.807) is 12.1 Å². The smallest absolute Gasteiger partial charge is 0.258 e. The molecule has 0 atom stereocenters. The molecule has 0 saturated heterocycles. The Hall–Kier alpha value is -3.73. The van der Waals surface area contributed by atoms with Gasteiger partial charge < -0.3 is 5.32 Å². The molecule has 1 heterocycles. The zero-order valence-electron chi connectivity index (χ0n) is 14.6. The Labute approximate surface area is 157 Å². The van der Waals surface area contributed by atoms with E-state index in [0.29, 0.717) is 17.9 Å². The number of aromatic nitrogens is 2. The maximum atomic E-state index is 12.4. The third-order valence-corrected chi connectivity index (χ3v) is 4.17. The molecule has 1 amide bonds. The molecule has 3 aromatic carbocycles. The number of rotatable bonds is 5. The van der Waals surface area contributed by atoms with Gasteiger partial charge in [-0.25, -0.2) is 4.98 Å². The second-order valence-corrected chi connectivity index (χ2v) is 6.07. The Bertz CT molecular complexity index is 1070. The molecule has 2 N–H and O–H groups in total. The summed E-state index contributed by atoms with van der Waals surface area (Å²) < 4.78 is 0. The van der Waals surface area contributed by atoms with Crippen LogP contribution in [0.1, 0.15) is 15.9 Å². The van der Waals surface area contributed by atoms with Gasteiger partial charge in [-0.2, -0.15) is 4.98 Å². The maximum Gasteiger partial charge on any atom is 0.258 e. The quantitative estimate of drug-likeness (QED) is 0.554. The SMILES string of the molecule is O=C(Nc1nc(NCc2ccccc2)c2ccccc2n1)c1ccccc1. The van der Waals surface area contributed by atoms with Crippen LogP contribution < -0.4 is 10.6 Å². The van der Waals surface area contributed by atoms with Gasteiger partial charge in [0.25, 0.3) is 5.91 Å². The predicted octanol–water partition coefficient (Wildman–Crippen LogP) is 4.49. The number of para-hydroxylation sites is 1. The van der Waals surface area contributed by atoms with E-state index in [9.17, 15) is 4.79 Å². The van der Waals surface area contributed by atoms with Crippen LogP contribution in [0.15, 0.2) is 84.9 Å². The molecule has 4 aromatic rings. The van der Waals surface area contributed by atoms with Gasteiger partial charge in [0.1, 0.15) is 5.82 Å². The first kappa shape index (κ1) is 16.7. The number of benzene rings is 3. The molecule has 1 aromatic heterocycles. The molecule has 5 heteroatoms. The predicted molar refractivity (Wildman–Crippen MR) is 108 cm³/mol. The molecule has 0 aliphatic heterocycles. The van der Waals surface area contributed by atoms with Crippen LogP contribution in [-0.4, -0.2) is 15.9 Å². The minimum absolute atomic E-state index is 0.236. The molecule has 4 rings (SSSR count). The molecule has 0 unspecified atom stereocenters. The van der Waals surface area contributed by atoms with E-state index in [4.69, 9.17) is 0 Å². The molecular weight excluding hydrogens is 336 g/mol. The van der Waals surface area contributed by atoms with Gasteiger partial charge in [-0.05, 0) is 29.8 Å². The second kappa shape index (κ2) is 7.66. The minimum Gasteiger partial charge on any atom is -0.365 e. The van der Waals surface area contributed by atoms with Crippen LogP contribution in [-0.2, 0) is 6.54 Å². The van der Waals surface area contributed by atoms with Crippen LogP contribution in [0.25, 0.3) is 10.9 Å². The van der Waals surface area contributed by atoms with Crippen molar-refractivity contribution in [3.8, 4) is 0 Å². The average molecular weight is 354 g/mol. The lowest BCUT2D eigenvalue weighted by atomic mass is 10.2. The first-order valence-electron chi connectivity index (χ1n) is 8.70. The number of nitrogens with zero attached hydrogens (tertiary/aromatic N) is 2. The van der Waals surface area contributed by atoms with Crippen LogP contribution in [0, 0.1) is 0 Å². The van der Waals surface area contributed by atoms with Crippen molar-refractivity contribution in [2.24, 2.45) is 0 Å². The lowest BCUT2D eigenvalue weighted by Gasteiger charge is -2.11. The molecule has 0 aliphatic carbocycles. The summed E-state index contributed by atoms with van der Waals surface area (Å²) in [4.78, 5) is 21.4. The molecule has 5 nitrogen and oxygen atoms in total. The molecular formula is C22H18N4O. The molecule has 27 heavy (non-hydrogen) atoms. The fourth-order valence-corrected chi connectivity index (χ4v) is 2.81. The first-order valence-corrected chi connectivity index (χ1v) is 8.70. The fourth-order valence-electron chi connectivity index (χ4n) is 2.81. The van der Waals surface area contributed by atoms with Gasteiger partial charge in [-0.3, -0.25) is 10.1 Å². The number of hydrogen-bond acceptors (Lipinski definition) is 4. The Morgan fingerprint density at radius 2 is 1.44 bits per heavy atom. The van der Waals surface area contributed by atoms with Crippen molar-refractivity contribution in [2.45, 2.75) is 6.54 Å². The van der Waals surface area contributed by atoms with E-state index in [-0.39, 0.29) is 11.9 Å². The van der Waals surface area contributed by atoms with Crippen molar-refractivity contribution in [3.05, 3.63) is 96.1 Å². The van der Waals surface area contributed by atoms with Crippen molar-refractivity contribution in [1.29, 1.82) is 0 Å². The summed E-state index contributed by atoms with van der Waals surface area (Å²) in [6, 6.07) is 26.8. The summed E-state index contributed by atoms with van der Waals surface area (Å²) in [6.07, 6.45) is 0. The highest BCUT2D eigenvalue weighted by atomic mass is 16.1. The second-order valence-electron chi connectivity index (χ2n) is 6.07. The van der Waals surface area contributed by atoms with Crippen LogP contribution in [0.4, 0.5) is 11.8 Å². The Kier molecular flexibility index (Phi) is 4.74. The van der Waals surface area contributed by atoms with Crippen molar-refractivity contribution in [3.63, 3.8) is 0 Å². The molecule has 132 valence electrons. The van der Waals surface area contributed by atoms with E-state index in [1.165, 1.54) is 0 Å². The fraction of sp³-hybridized carbons (Fsp3) is 0.0455. The minimum atomic E-state index is -0.236. The number of carbonyl (C=O) groups excluding carboxylic acids is 1. The average Bonchev–Trinajstić information content (AvgIpc) is 2.73. The van der Waals surface area contributed by atoms with Crippen LogP contribution in [0.2, 0.25) is 0 Å². The number of fused-ring (bicyclic) bond motifs is 1. The zero-order chi connectivity index (χ0) is 18.5. The lowest BCUT2D eigenvalue weighted by Crippen LogP contribution is -2.15. The number of nitrogens with one attached hydrogen (secondary N) is 2. The Morgan fingerprint density at radius 1 is 0.778 bits per heavy atom. The maximum absolute atomic E-state index is 12.4. The number of carbonyl (C=O) groups is 1. The first-order chi connectivity index (χ1) is 13.3. The normalized spacial score (nSPS) is 10.5. The molecule has 0 bridgehead atoms. The van der Waals surface area contributed by atoms with E-state index in [2.05, 4.69) is 32.7 Å². The summed E-state index contributed by atoms with van der Waals surface area (Å²) in [5.41, 5.74) is 2.48. The summed E-state index contributed by atoms with van der Waals surface area (Å²) in [5.74, 6) is 0.728. The third kappa shape index (κ3) is 3.93. The van der Waals surface area contributed by atoms with Gasteiger partial charge in [0.2, 0.25) is 5.95 Å². The molecule has 0 saturated carbocycles. The monoisotopic (exact) mass is 354 g/mol. The standard InChI is InChI=1S/C22H18N4O/c27-21(17-11-5-2-6-12-17)26-22-24-19-14-8-7-13-18(19)20(25-22)23-15-16-9-3-1-4-10-16/h1-14H,15H2,(H2,23,24,25,26,27). The van der Waals surface area contributed by atoms with Gasteiger partial charge in [0.05, 0.1) is 5.52 Å². The van der Waals surface area contributed by atoms with Gasteiger partial charge in [0.15, 0.2) is 0 Å². The van der Waals surface area contributed by atoms with E-state index >= 15 is 0 Å². The number of anilines is 2. The highest BCUT2D eigenvalue weighted by Crippen LogP contribution is 2.22. The van der Waals surface area contributed by atoms with Crippen LogP contribution >= 0.6 is 0 Å².